The summed E-state index contributed by atoms with van der Waals surface area (Å²) in [7, 11) is 0. The molecule has 2 unspecified atom stereocenters. The van der Waals surface area contributed by atoms with Crippen LogP contribution in [0.1, 0.15) is 60.0 Å². The van der Waals surface area contributed by atoms with Gasteiger partial charge in [0.25, 0.3) is 5.91 Å². The van der Waals surface area contributed by atoms with Crippen LogP contribution < -0.4 is 14.9 Å². The number of carbonyl (C=O) groups is 1. The Morgan fingerprint density at radius 3 is 2.56 bits per heavy atom. The fourth-order valence-corrected chi connectivity index (χ4v) is 4.91. The Bertz CT molecular complexity index is 1290. The van der Waals surface area contributed by atoms with Gasteiger partial charge in [-0.05, 0) is 63.4 Å². The molecule has 5 rings (SSSR count). The first-order valence-electron chi connectivity index (χ1n) is 11.9. The summed E-state index contributed by atoms with van der Waals surface area (Å²) in [6.45, 7) is 7.79. The van der Waals surface area contributed by atoms with Crippen LogP contribution in [0, 0.1) is 6.92 Å². The molecule has 0 saturated carbocycles. The van der Waals surface area contributed by atoms with Crippen LogP contribution in [0.2, 0.25) is 0 Å². The molecule has 2 aliphatic rings. The van der Waals surface area contributed by atoms with Crippen LogP contribution in [0.15, 0.2) is 45.6 Å². The molecule has 0 aliphatic carbocycles. The molecule has 0 radical (unpaired) electrons. The number of rotatable bonds is 7. The maximum Gasteiger partial charge on any atom is 0.291 e. The summed E-state index contributed by atoms with van der Waals surface area (Å²) in [6, 6.07) is 10.4. The number of amides is 1. The van der Waals surface area contributed by atoms with E-state index in [4.69, 9.17) is 18.6 Å². The van der Waals surface area contributed by atoms with Gasteiger partial charge in [0.05, 0.1) is 36.3 Å². The molecule has 0 bridgehead atoms. The molecule has 0 spiro atoms. The molecule has 1 saturated heterocycles. The molecule has 3 aromatic rings. The average molecular weight is 464 g/mol. The van der Waals surface area contributed by atoms with Gasteiger partial charge in [-0.1, -0.05) is 17.7 Å². The number of aryl methyl sites for hydroxylation is 1. The number of benzene rings is 2. The highest BCUT2D eigenvalue weighted by atomic mass is 16.5. The van der Waals surface area contributed by atoms with E-state index in [1.54, 1.807) is 11.0 Å². The Morgan fingerprint density at radius 1 is 1.03 bits per heavy atom. The molecule has 1 amide bonds. The van der Waals surface area contributed by atoms with E-state index in [0.717, 1.165) is 24.0 Å². The molecule has 2 atom stereocenters. The predicted octanol–water partition coefficient (Wildman–Crippen LogP) is 4.62. The van der Waals surface area contributed by atoms with Crippen molar-refractivity contribution < 1.29 is 23.4 Å². The van der Waals surface area contributed by atoms with Gasteiger partial charge in [0, 0.05) is 13.2 Å². The van der Waals surface area contributed by atoms with Gasteiger partial charge >= 0.3 is 0 Å². The van der Waals surface area contributed by atoms with Crippen LogP contribution in [0.4, 0.5) is 0 Å². The van der Waals surface area contributed by atoms with E-state index in [1.165, 1.54) is 0 Å². The quantitative estimate of drug-likeness (QED) is 0.509. The zero-order valence-electron chi connectivity index (χ0n) is 19.8. The molecule has 7 heteroatoms. The fraction of sp³-hybridized carbons (Fsp3) is 0.407. The van der Waals surface area contributed by atoms with E-state index in [2.05, 4.69) is 0 Å². The Morgan fingerprint density at radius 2 is 1.82 bits per heavy atom. The van der Waals surface area contributed by atoms with Gasteiger partial charge in [-0.25, -0.2) is 0 Å². The Balaban J connectivity index is 1.69. The van der Waals surface area contributed by atoms with Crippen LogP contribution in [0.25, 0.3) is 11.0 Å². The standard InChI is InChI=1S/C27H29NO6/c1-4-31-21-11-9-17(14-22(21)32-5-2)24-23-25(29)19-13-16(3)8-10-20(19)34-26(23)27(30)28(24)15-18-7-6-12-33-18/h8-11,13-14,18,24H,4-7,12,15H2,1-3H3. The summed E-state index contributed by atoms with van der Waals surface area (Å²) in [4.78, 5) is 29.0. The van der Waals surface area contributed by atoms with E-state index < -0.39 is 6.04 Å². The summed E-state index contributed by atoms with van der Waals surface area (Å²) in [5.74, 6) is 1.03. The SMILES string of the molecule is CCOc1ccc(C2c3c(oc4ccc(C)cc4c3=O)C(=O)N2CC2CCCO2)cc1OCC. The third-order valence-electron chi connectivity index (χ3n) is 6.43. The van der Waals surface area contributed by atoms with Crippen molar-refractivity contribution in [1.82, 2.24) is 4.90 Å². The normalized spacial score (nSPS) is 19.6. The second-order valence-electron chi connectivity index (χ2n) is 8.74. The van der Waals surface area contributed by atoms with Crippen LogP contribution in [0.3, 0.4) is 0 Å². The Kier molecular flexibility index (Phi) is 6.04. The molecule has 34 heavy (non-hydrogen) atoms. The van der Waals surface area contributed by atoms with E-state index in [0.29, 0.717) is 54.4 Å². The molecule has 0 N–H and O–H groups in total. The maximum atomic E-state index is 13.7. The third-order valence-corrected chi connectivity index (χ3v) is 6.43. The average Bonchev–Trinajstić information content (AvgIpc) is 3.43. The number of hydrogen-bond acceptors (Lipinski definition) is 6. The van der Waals surface area contributed by atoms with Gasteiger partial charge in [0.2, 0.25) is 5.76 Å². The highest BCUT2D eigenvalue weighted by Gasteiger charge is 2.44. The molecular formula is C27H29NO6. The maximum absolute atomic E-state index is 13.7. The fourth-order valence-electron chi connectivity index (χ4n) is 4.91. The number of nitrogens with zero attached hydrogens (tertiary/aromatic N) is 1. The molecule has 2 aliphatic heterocycles. The molecule has 178 valence electrons. The first-order valence-corrected chi connectivity index (χ1v) is 11.9. The highest BCUT2D eigenvalue weighted by Crippen LogP contribution is 2.41. The van der Waals surface area contributed by atoms with Gasteiger partial charge in [-0.15, -0.1) is 0 Å². The molecule has 1 aromatic heterocycles. The second-order valence-corrected chi connectivity index (χ2v) is 8.74. The minimum Gasteiger partial charge on any atom is -0.490 e. The highest BCUT2D eigenvalue weighted by molar-refractivity contribution is 5.99. The molecule has 1 fully saturated rings. The van der Waals surface area contributed by atoms with Crippen molar-refractivity contribution in [1.29, 1.82) is 0 Å². The van der Waals surface area contributed by atoms with E-state index in [1.807, 2.05) is 51.1 Å². The summed E-state index contributed by atoms with van der Waals surface area (Å²) in [5.41, 5.74) is 2.34. The first-order chi connectivity index (χ1) is 16.5. The van der Waals surface area contributed by atoms with Crippen molar-refractivity contribution in [3.63, 3.8) is 0 Å². The Hall–Kier alpha value is -3.32. The lowest BCUT2D eigenvalue weighted by Crippen LogP contribution is -2.36. The number of carbonyl (C=O) groups excluding carboxylic acids is 1. The summed E-state index contributed by atoms with van der Waals surface area (Å²) in [6.07, 6.45) is 1.77. The van der Waals surface area contributed by atoms with Gasteiger partial charge in [0.1, 0.15) is 5.58 Å². The molecule has 3 heterocycles. The lowest BCUT2D eigenvalue weighted by molar-refractivity contribution is 0.0486. The number of ether oxygens (including phenoxy) is 3. The molecule has 7 nitrogen and oxygen atoms in total. The van der Waals surface area contributed by atoms with Crippen LogP contribution in [-0.4, -0.2) is 43.3 Å². The summed E-state index contributed by atoms with van der Waals surface area (Å²) in [5, 5.41) is 0.478. The topological polar surface area (TPSA) is 78.2 Å². The lowest BCUT2D eigenvalue weighted by atomic mass is 9.97. The summed E-state index contributed by atoms with van der Waals surface area (Å²) >= 11 is 0. The van der Waals surface area contributed by atoms with Crippen LogP contribution in [0.5, 0.6) is 11.5 Å². The van der Waals surface area contributed by atoms with Crippen LogP contribution >= 0.6 is 0 Å². The molecule has 2 aromatic carbocycles. The van der Waals surface area contributed by atoms with E-state index in [-0.39, 0.29) is 23.2 Å². The van der Waals surface area contributed by atoms with Crippen molar-refractivity contribution in [3.05, 3.63) is 69.1 Å². The predicted molar refractivity (Wildman–Crippen MR) is 128 cm³/mol. The number of fused-ring (bicyclic) bond motifs is 2. The van der Waals surface area contributed by atoms with Crippen molar-refractivity contribution in [2.75, 3.05) is 26.4 Å². The van der Waals surface area contributed by atoms with Crippen molar-refractivity contribution in [3.8, 4) is 11.5 Å². The summed E-state index contributed by atoms with van der Waals surface area (Å²) < 4.78 is 23.4. The van der Waals surface area contributed by atoms with Gasteiger partial charge < -0.3 is 23.5 Å². The molecular weight excluding hydrogens is 434 g/mol. The Labute approximate surface area is 198 Å². The van der Waals surface area contributed by atoms with Gasteiger partial charge in [0.15, 0.2) is 16.9 Å². The zero-order valence-corrected chi connectivity index (χ0v) is 19.8. The number of hydrogen-bond donors (Lipinski definition) is 0. The van der Waals surface area contributed by atoms with Crippen molar-refractivity contribution in [2.45, 2.75) is 45.8 Å². The zero-order chi connectivity index (χ0) is 23.8. The largest absolute Gasteiger partial charge is 0.490 e. The second kappa shape index (κ2) is 9.14. The third kappa shape index (κ3) is 3.84. The minimum atomic E-state index is -0.595. The lowest BCUT2D eigenvalue weighted by Gasteiger charge is -2.28. The minimum absolute atomic E-state index is 0.0680. The van der Waals surface area contributed by atoms with Gasteiger partial charge in [-0.2, -0.15) is 0 Å². The van der Waals surface area contributed by atoms with E-state index in [9.17, 15) is 9.59 Å². The smallest absolute Gasteiger partial charge is 0.291 e. The van der Waals surface area contributed by atoms with Crippen LogP contribution in [-0.2, 0) is 4.74 Å². The first kappa shape index (κ1) is 22.5. The van der Waals surface area contributed by atoms with Crippen molar-refractivity contribution in [2.24, 2.45) is 0 Å². The van der Waals surface area contributed by atoms with Crippen molar-refractivity contribution >= 4 is 16.9 Å². The van der Waals surface area contributed by atoms with Gasteiger partial charge in [-0.3, -0.25) is 9.59 Å². The van der Waals surface area contributed by atoms with E-state index >= 15 is 0 Å². The monoisotopic (exact) mass is 463 g/mol.